The Balaban J connectivity index is 1.98. The van der Waals surface area contributed by atoms with Crippen molar-refractivity contribution in [2.75, 3.05) is 20.6 Å². The van der Waals surface area contributed by atoms with Crippen molar-refractivity contribution in [2.24, 2.45) is 4.99 Å². The first-order chi connectivity index (χ1) is 10.1. The van der Waals surface area contributed by atoms with Gasteiger partial charge >= 0.3 is 0 Å². The van der Waals surface area contributed by atoms with E-state index in [1.165, 1.54) is 0 Å². The molecule has 106 valence electrons. The number of pyridine rings is 1. The number of benzene rings is 1. The summed E-state index contributed by atoms with van der Waals surface area (Å²) in [5, 5.41) is 2.08. The maximum atomic E-state index is 12.0. The van der Waals surface area contributed by atoms with Crippen molar-refractivity contribution in [2.45, 2.75) is 0 Å². The van der Waals surface area contributed by atoms with E-state index >= 15 is 0 Å². The number of aliphatic imine (C=N–C) groups is 1. The van der Waals surface area contributed by atoms with Crippen LogP contribution in [0.3, 0.4) is 0 Å². The number of fused-ring (bicyclic) bond motifs is 3. The van der Waals surface area contributed by atoms with Gasteiger partial charge in [0.1, 0.15) is 5.69 Å². The topological polar surface area (TPSA) is 61.4 Å². The number of hydrogen-bond donors (Lipinski definition) is 1. The van der Waals surface area contributed by atoms with Gasteiger partial charge in [-0.3, -0.25) is 4.79 Å². The Hall–Kier alpha value is -2.53. The van der Waals surface area contributed by atoms with Crippen molar-refractivity contribution in [3.05, 3.63) is 42.2 Å². The first-order valence-corrected chi connectivity index (χ1v) is 6.73. The fourth-order valence-electron chi connectivity index (χ4n) is 2.22. The van der Waals surface area contributed by atoms with Crippen LogP contribution in [0.4, 0.5) is 0 Å². The van der Waals surface area contributed by atoms with Crippen molar-refractivity contribution in [1.82, 2.24) is 14.9 Å². The average molecular weight is 280 g/mol. The fourth-order valence-corrected chi connectivity index (χ4v) is 2.22. The summed E-state index contributed by atoms with van der Waals surface area (Å²) in [6.45, 7) is 0.626. The second-order valence-corrected chi connectivity index (χ2v) is 5.16. The summed E-state index contributed by atoms with van der Waals surface area (Å²) < 4.78 is 0. The smallest absolute Gasteiger partial charge is 0.295 e. The van der Waals surface area contributed by atoms with E-state index in [-0.39, 0.29) is 5.91 Å². The minimum absolute atomic E-state index is 0.316. The number of nitrogens with one attached hydrogen (secondary N) is 1. The van der Waals surface area contributed by atoms with Crippen molar-refractivity contribution in [3.63, 3.8) is 0 Å². The molecule has 1 N–H and O–H groups in total. The molecule has 0 saturated carbocycles. The first kappa shape index (κ1) is 13.5. The lowest BCUT2D eigenvalue weighted by Gasteiger charge is -2.02. The fraction of sp³-hybridized carbons (Fsp3) is 0.188. The summed E-state index contributed by atoms with van der Waals surface area (Å²) in [7, 11) is 3.85. The number of aromatic nitrogens is 2. The minimum Gasteiger partial charge on any atom is -0.353 e. The summed E-state index contributed by atoms with van der Waals surface area (Å²) in [6.07, 6.45) is 3.29. The second-order valence-electron chi connectivity index (χ2n) is 5.16. The Kier molecular flexibility index (Phi) is 3.50. The molecular weight excluding hydrogens is 264 g/mol. The highest BCUT2D eigenvalue weighted by atomic mass is 16.1. The van der Waals surface area contributed by atoms with Crippen molar-refractivity contribution in [1.29, 1.82) is 0 Å². The molecule has 3 rings (SSSR count). The van der Waals surface area contributed by atoms with E-state index in [9.17, 15) is 4.79 Å². The van der Waals surface area contributed by atoms with Crippen LogP contribution < -0.4 is 0 Å². The van der Waals surface area contributed by atoms with E-state index < -0.39 is 0 Å². The Morgan fingerprint density at radius 3 is 2.90 bits per heavy atom. The molecule has 0 saturated heterocycles. The molecular formula is C16H16N4O. The van der Waals surface area contributed by atoms with Crippen LogP contribution >= 0.6 is 0 Å². The van der Waals surface area contributed by atoms with Gasteiger partial charge in [0.25, 0.3) is 5.91 Å². The third-order valence-corrected chi connectivity index (χ3v) is 3.26. The zero-order valence-corrected chi connectivity index (χ0v) is 12.0. The average Bonchev–Trinajstić information content (AvgIpc) is 2.84. The highest BCUT2D eigenvalue weighted by molar-refractivity contribution is 6.09. The van der Waals surface area contributed by atoms with Crippen LogP contribution in [0.1, 0.15) is 10.5 Å². The number of aromatic amines is 1. The predicted octanol–water partition coefficient (Wildman–Crippen LogP) is 2.49. The molecule has 1 amide bonds. The highest BCUT2D eigenvalue weighted by Gasteiger charge is 2.09. The van der Waals surface area contributed by atoms with Gasteiger partial charge in [0.2, 0.25) is 0 Å². The molecule has 3 aromatic rings. The van der Waals surface area contributed by atoms with Gasteiger partial charge < -0.3 is 9.88 Å². The molecule has 1 aromatic carbocycles. The van der Waals surface area contributed by atoms with Crippen molar-refractivity contribution in [3.8, 4) is 0 Å². The number of rotatable bonds is 3. The zero-order valence-electron chi connectivity index (χ0n) is 12.0. The molecule has 5 nitrogen and oxygen atoms in total. The van der Waals surface area contributed by atoms with Crippen LogP contribution in [-0.2, 0) is 0 Å². The lowest BCUT2D eigenvalue weighted by molar-refractivity contribution is 0.0998. The molecule has 0 spiro atoms. The Morgan fingerprint density at radius 1 is 1.29 bits per heavy atom. The van der Waals surface area contributed by atoms with E-state index in [4.69, 9.17) is 0 Å². The Bertz CT molecular complexity index is 833. The van der Waals surface area contributed by atoms with Crippen LogP contribution in [0, 0.1) is 0 Å². The van der Waals surface area contributed by atoms with Crippen molar-refractivity contribution >= 4 is 33.9 Å². The van der Waals surface area contributed by atoms with E-state index in [0.29, 0.717) is 12.2 Å². The van der Waals surface area contributed by atoms with Crippen LogP contribution in [0.15, 0.2) is 41.5 Å². The monoisotopic (exact) mass is 280 g/mol. The SMILES string of the molecule is CN(C)CC=NC(=O)c1cc2c(cn1)[nH]c1ccccc12. The summed E-state index contributed by atoms with van der Waals surface area (Å²) in [6, 6.07) is 9.78. The van der Waals surface area contributed by atoms with Gasteiger partial charge in [0.15, 0.2) is 0 Å². The molecule has 5 heteroatoms. The maximum Gasteiger partial charge on any atom is 0.295 e. The third kappa shape index (κ3) is 2.68. The lowest BCUT2D eigenvalue weighted by Crippen LogP contribution is -2.14. The van der Waals surface area contributed by atoms with Gasteiger partial charge in [-0.05, 0) is 26.2 Å². The van der Waals surface area contributed by atoms with Crippen LogP contribution in [-0.4, -0.2) is 47.6 Å². The van der Waals surface area contributed by atoms with Crippen molar-refractivity contribution < 1.29 is 4.79 Å². The summed E-state index contributed by atoms with van der Waals surface area (Å²) in [4.78, 5) is 25.4. The number of H-pyrrole nitrogens is 1. The molecule has 2 heterocycles. The molecule has 0 bridgehead atoms. The number of carbonyl (C=O) groups excluding carboxylic acids is 1. The van der Waals surface area contributed by atoms with Gasteiger partial charge in [-0.25, -0.2) is 9.98 Å². The third-order valence-electron chi connectivity index (χ3n) is 3.26. The number of hydrogen-bond acceptors (Lipinski definition) is 3. The molecule has 21 heavy (non-hydrogen) atoms. The van der Waals surface area contributed by atoms with Gasteiger partial charge in [0, 0.05) is 29.0 Å². The minimum atomic E-state index is -0.316. The molecule has 0 aliphatic carbocycles. The first-order valence-electron chi connectivity index (χ1n) is 6.73. The number of amides is 1. The van der Waals surface area contributed by atoms with Crippen LogP contribution in [0.25, 0.3) is 21.8 Å². The Morgan fingerprint density at radius 2 is 2.10 bits per heavy atom. The Labute approximate surface area is 122 Å². The second kappa shape index (κ2) is 5.46. The molecule has 0 unspecified atom stereocenters. The molecule has 0 aliphatic heterocycles. The molecule has 2 aromatic heterocycles. The lowest BCUT2D eigenvalue weighted by atomic mass is 10.1. The number of nitrogens with zero attached hydrogens (tertiary/aromatic N) is 3. The van der Waals surface area contributed by atoms with E-state index in [2.05, 4.69) is 15.0 Å². The molecule has 0 fully saturated rings. The molecule has 0 atom stereocenters. The van der Waals surface area contributed by atoms with Crippen LogP contribution in [0.5, 0.6) is 0 Å². The largest absolute Gasteiger partial charge is 0.353 e. The maximum absolute atomic E-state index is 12.0. The molecule has 0 radical (unpaired) electrons. The van der Waals surface area contributed by atoms with Crippen LogP contribution in [0.2, 0.25) is 0 Å². The standard InChI is InChI=1S/C16H16N4O/c1-20(2)8-7-17-16(21)14-9-12-11-5-3-4-6-13(11)19-15(12)10-18-14/h3-7,9-10,19H,8H2,1-2H3. The normalized spacial score (nSPS) is 12.0. The summed E-state index contributed by atoms with van der Waals surface area (Å²) >= 11 is 0. The van der Waals surface area contributed by atoms with E-state index in [1.807, 2.05) is 43.3 Å². The zero-order chi connectivity index (χ0) is 14.8. The molecule has 0 aliphatic rings. The summed E-state index contributed by atoms with van der Waals surface area (Å²) in [5.41, 5.74) is 2.32. The highest BCUT2D eigenvalue weighted by Crippen LogP contribution is 2.25. The van der Waals surface area contributed by atoms with Gasteiger partial charge in [0.05, 0.1) is 11.7 Å². The summed E-state index contributed by atoms with van der Waals surface area (Å²) in [5.74, 6) is -0.316. The van der Waals surface area contributed by atoms with E-state index in [1.54, 1.807) is 18.5 Å². The predicted molar refractivity (Wildman–Crippen MR) is 85.0 cm³/mol. The van der Waals surface area contributed by atoms with Gasteiger partial charge in [-0.1, -0.05) is 18.2 Å². The number of para-hydroxylation sites is 1. The van der Waals surface area contributed by atoms with Gasteiger partial charge in [-0.15, -0.1) is 0 Å². The van der Waals surface area contributed by atoms with E-state index in [0.717, 1.165) is 21.8 Å². The number of carbonyl (C=O) groups is 1. The van der Waals surface area contributed by atoms with Gasteiger partial charge in [-0.2, -0.15) is 0 Å². The quantitative estimate of drug-likeness (QED) is 0.750.